The van der Waals surface area contributed by atoms with Crippen LogP contribution in [-0.2, 0) is 6.54 Å². The number of aromatic amines is 1. The van der Waals surface area contributed by atoms with Gasteiger partial charge in [0.25, 0.3) is 5.56 Å². The van der Waals surface area contributed by atoms with Crippen LogP contribution in [-0.4, -0.2) is 16.4 Å². The molecule has 0 aliphatic carbocycles. The predicted molar refractivity (Wildman–Crippen MR) is 79.3 cm³/mol. The van der Waals surface area contributed by atoms with Crippen molar-refractivity contribution in [1.82, 2.24) is 9.78 Å². The van der Waals surface area contributed by atoms with Crippen LogP contribution in [0.3, 0.4) is 0 Å². The van der Waals surface area contributed by atoms with Crippen LogP contribution in [0.1, 0.15) is 12.5 Å². The summed E-state index contributed by atoms with van der Waals surface area (Å²) >= 11 is 0. The average Bonchev–Trinajstić information content (AvgIpc) is 2.77. The number of aromatic nitrogens is 2. The highest BCUT2D eigenvalue weighted by Gasteiger charge is 2.08. The van der Waals surface area contributed by atoms with Gasteiger partial charge < -0.3 is 4.74 Å². The van der Waals surface area contributed by atoms with E-state index in [9.17, 15) is 4.79 Å². The zero-order valence-electron chi connectivity index (χ0n) is 11.3. The topological polar surface area (TPSA) is 47.0 Å². The first kappa shape index (κ1) is 12.5. The minimum Gasteiger partial charge on any atom is -0.494 e. The highest BCUT2D eigenvalue weighted by Crippen LogP contribution is 2.19. The molecule has 0 amide bonds. The molecular weight excluding hydrogens is 252 g/mol. The quantitative estimate of drug-likeness (QED) is 0.791. The van der Waals surface area contributed by atoms with Crippen LogP contribution < -0.4 is 10.3 Å². The normalized spacial score (nSPS) is 10.8. The first-order valence-electron chi connectivity index (χ1n) is 6.67. The van der Waals surface area contributed by atoms with Gasteiger partial charge in [0.2, 0.25) is 0 Å². The maximum absolute atomic E-state index is 12.0. The molecule has 0 bridgehead atoms. The van der Waals surface area contributed by atoms with Gasteiger partial charge in [-0.2, -0.15) is 0 Å². The molecule has 0 spiro atoms. The van der Waals surface area contributed by atoms with Crippen LogP contribution in [0.5, 0.6) is 5.75 Å². The highest BCUT2D eigenvalue weighted by molar-refractivity contribution is 5.80. The van der Waals surface area contributed by atoms with Gasteiger partial charge in [-0.05, 0) is 30.7 Å². The van der Waals surface area contributed by atoms with E-state index in [1.54, 1.807) is 6.07 Å². The number of nitrogens with zero attached hydrogens (tertiary/aromatic N) is 1. The lowest BCUT2D eigenvalue weighted by Crippen LogP contribution is -2.06. The SMILES string of the molecule is CCOc1ccc2c(c1)c(=O)[nH]n2Cc1ccccc1. The summed E-state index contributed by atoms with van der Waals surface area (Å²) in [4.78, 5) is 12.0. The molecule has 20 heavy (non-hydrogen) atoms. The predicted octanol–water partition coefficient (Wildman–Crippen LogP) is 2.78. The molecule has 4 heteroatoms. The van der Waals surface area contributed by atoms with E-state index in [0.29, 0.717) is 18.5 Å². The summed E-state index contributed by atoms with van der Waals surface area (Å²) in [5.74, 6) is 0.725. The number of hydrogen-bond donors (Lipinski definition) is 1. The number of ether oxygens (including phenoxy) is 1. The van der Waals surface area contributed by atoms with E-state index >= 15 is 0 Å². The van der Waals surface area contributed by atoms with Gasteiger partial charge in [-0.15, -0.1) is 0 Å². The second-order valence-electron chi connectivity index (χ2n) is 4.62. The van der Waals surface area contributed by atoms with E-state index in [1.165, 1.54) is 0 Å². The molecule has 1 N–H and O–H groups in total. The molecule has 3 rings (SSSR count). The average molecular weight is 268 g/mol. The minimum absolute atomic E-state index is 0.0857. The summed E-state index contributed by atoms with van der Waals surface area (Å²) in [6.45, 7) is 3.16. The fourth-order valence-corrected chi connectivity index (χ4v) is 2.32. The van der Waals surface area contributed by atoms with Gasteiger partial charge in [-0.25, -0.2) is 0 Å². The van der Waals surface area contributed by atoms with Crippen LogP contribution in [0.4, 0.5) is 0 Å². The molecule has 1 aromatic heterocycles. The molecule has 0 unspecified atom stereocenters. The molecule has 0 saturated heterocycles. The fourth-order valence-electron chi connectivity index (χ4n) is 2.32. The van der Waals surface area contributed by atoms with E-state index in [4.69, 9.17) is 4.74 Å². The molecule has 0 fully saturated rings. The monoisotopic (exact) mass is 268 g/mol. The Balaban J connectivity index is 2.02. The van der Waals surface area contributed by atoms with Crippen molar-refractivity contribution in [3.05, 3.63) is 64.4 Å². The van der Waals surface area contributed by atoms with Crippen LogP contribution >= 0.6 is 0 Å². The Kier molecular flexibility index (Phi) is 3.29. The lowest BCUT2D eigenvalue weighted by Gasteiger charge is -2.06. The Morgan fingerprint density at radius 1 is 1.15 bits per heavy atom. The van der Waals surface area contributed by atoms with Gasteiger partial charge in [0.05, 0.1) is 24.1 Å². The summed E-state index contributed by atoms with van der Waals surface area (Å²) in [6.07, 6.45) is 0. The molecule has 0 aliphatic rings. The van der Waals surface area contributed by atoms with E-state index in [2.05, 4.69) is 5.10 Å². The molecule has 1 heterocycles. The largest absolute Gasteiger partial charge is 0.494 e. The van der Waals surface area contributed by atoms with Crippen molar-refractivity contribution < 1.29 is 4.74 Å². The minimum atomic E-state index is -0.0857. The third-order valence-corrected chi connectivity index (χ3v) is 3.23. The van der Waals surface area contributed by atoms with Gasteiger partial charge in [-0.3, -0.25) is 14.6 Å². The number of rotatable bonds is 4. The Morgan fingerprint density at radius 2 is 1.95 bits per heavy atom. The first-order chi connectivity index (χ1) is 9.78. The van der Waals surface area contributed by atoms with Crippen LogP contribution in [0.2, 0.25) is 0 Å². The lowest BCUT2D eigenvalue weighted by atomic mass is 10.2. The van der Waals surface area contributed by atoms with Crippen LogP contribution in [0, 0.1) is 0 Å². The fraction of sp³-hybridized carbons (Fsp3) is 0.188. The summed E-state index contributed by atoms with van der Waals surface area (Å²) in [7, 11) is 0. The summed E-state index contributed by atoms with van der Waals surface area (Å²) in [6, 6.07) is 15.6. The van der Waals surface area contributed by atoms with E-state index in [1.807, 2.05) is 54.1 Å². The molecule has 4 nitrogen and oxygen atoms in total. The second kappa shape index (κ2) is 5.25. The van der Waals surface area contributed by atoms with Crippen molar-refractivity contribution in [1.29, 1.82) is 0 Å². The van der Waals surface area contributed by atoms with E-state index in [0.717, 1.165) is 16.8 Å². The zero-order chi connectivity index (χ0) is 13.9. The molecule has 0 atom stereocenters. The number of benzene rings is 2. The number of fused-ring (bicyclic) bond motifs is 1. The van der Waals surface area contributed by atoms with Crippen molar-refractivity contribution in [2.75, 3.05) is 6.61 Å². The number of H-pyrrole nitrogens is 1. The molecule has 2 aromatic carbocycles. The van der Waals surface area contributed by atoms with Gasteiger partial charge >= 0.3 is 0 Å². The third kappa shape index (κ3) is 2.32. The van der Waals surface area contributed by atoms with Crippen molar-refractivity contribution in [3.63, 3.8) is 0 Å². The molecule has 0 saturated carbocycles. The van der Waals surface area contributed by atoms with Crippen molar-refractivity contribution in [2.24, 2.45) is 0 Å². The lowest BCUT2D eigenvalue weighted by molar-refractivity contribution is 0.340. The molecule has 0 aliphatic heterocycles. The van der Waals surface area contributed by atoms with Gasteiger partial charge in [0.1, 0.15) is 5.75 Å². The summed E-state index contributed by atoms with van der Waals surface area (Å²) < 4.78 is 7.30. The second-order valence-corrected chi connectivity index (χ2v) is 4.62. The molecular formula is C16H16N2O2. The maximum atomic E-state index is 12.0. The van der Waals surface area contributed by atoms with Crippen molar-refractivity contribution in [3.8, 4) is 5.75 Å². The maximum Gasteiger partial charge on any atom is 0.272 e. The summed E-state index contributed by atoms with van der Waals surface area (Å²) in [5, 5.41) is 3.54. The molecule has 102 valence electrons. The molecule has 0 radical (unpaired) electrons. The first-order valence-corrected chi connectivity index (χ1v) is 6.67. The number of hydrogen-bond acceptors (Lipinski definition) is 2. The smallest absolute Gasteiger partial charge is 0.272 e. The van der Waals surface area contributed by atoms with Crippen molar-refractivity contribution in [2.45, 2.75) is 13.5 Å². The van der Waals surface area contributed by atoms with Gasteiger partial charge in [0.15, 0.2) is 0 Å². The summed E-state index contributed by atoms with van der Waals surface area (Å²) in [5.41, 5.74) is 1.95. The third-order valence-electron chi connectivity index (χ3n) is 3.23. The Morgan fingerprint density at radius 3 is 2.70 bits per heavy atom. The zero-order valence-corrected chi connectivity index (χ0v) is 11.3. The van der Waals surface area contributed by atoms with Crippen molar-refractivity contribution >= 4 is 10.9 Å². The van der Waals surface area contributed by atoms with Gasteiger partial charge in [-0.1, -0.05) is 30.3 Å². The highest BCUT2D eigenvalue weighted by atomic mass is 16.5. The Bertz CT molecular complexity index is 772. The van der Waals surface area contributed by atoms with E-state index in [-0.39, 0.29) is 5.56 Å². The van der Waals surface area contributed by atoms with E-state index < -0.39 is 0 Å². The number of nitrogens with one attached hydrogen (secondary N) is 1. The van der Waals surface area contributed by atoms with Crippen LogP contribution in [0.15, 0.2) is 53.3 Å². The molecule has 3 aromatic rings. The Labute approximate surface area is 116 Å². The van der Waals surface area contributed by atoms with Gasteiger partial charge in [0, 0.05) is 0 Å². The standard InChI is InChI=1S/C16H16N2O2/c1-2-20-13-8-9-15-14(10-13)16(19)17-18(15)11-12-6-4-3-5-7-12/h3-10H,2,11H2,1H3,(H,17,19). The van der Waals surface area contributed by atoms with Crippen LogP contribution in [0.25, 0.3) is 10.9 Å². The Hall–Kier alpha value is -2.49.